The maximum Gasteiger partial charge on any atom is 0.229 e. The number of nitrogen functional groups attached to an aromatic ring is 1. The first-order chi connectivity index (χ1) is 6.70. The van der Waals surface area contributed by atoms with E-state index in [0.717, 1.165) is 6.42 Å². The molecule has 0 spiro atoms. The highest BCUT2D eigenvalue weighted by molar-refractivity contribution is 5.40. The Morgan fingerprint density at radius 1 is 1.64 bits per heavy atom. The fourth-order valence-electron chi connectivity index (χ4n) is 1.59. The summed E-state index contributed by atoms with van der Waals surface area (Å²) in [5, 5.41) is 8.64. The van der Waals surface area contributed by atoms with Crippen LogP contribution in [0.1, 0.15) is 30.8 Å². The van der Waals surface area contributed by atoms with Crippen molar-refractivity contribution >= 4 is 5.88 Å². The summed E-state index contributed by atoms with van der Waals surface area (Å²) in [5.41, 5.74) is 5.63. The number of aromatic nitrogens is 1. The van der Waals surface area contributed by atoms with Gasteiger partial charge in [-0.15, -0.1) is 0 Å². The van der Waals surface area contributed by atoms with Gasteiger partial charge >= 0.3 is 0 Å². The van der Waals surface area contributed by atoms with Crippen LogP contribution in [0.3, 0.4) is 0 Å². The number of oxazole rings is 1. The van der Waals surface area contributed by atoms with Crippen molar-refractivity contribution in [3.05, 3.63) is 11.6 Å². The zero-order valence-corrected chi connectivity index (χ0v) is 7.86. The average Bonchev–Trinajstić information content (AvgIpc) is 2.71. The van der Waals surface area contributed by atoms with Crippen LogP contribution in [0.2, 0.25) is 0 Å². The van der Waals surface area contributed by atoms with Crippen LogP contribution in [0.15, 0.2) is 4.42 Å². The Morgan fingerprint density at radius 2 is 2.43 bits per heavy atom. The predicted octanol–water partition coefficient (Wildman–Crippen LogP) is 1.02. The molecule has 1 aromatic rings. The molecule has 74 valence electrons. The third-order valence-corrected chi connectivity index (χ3v) is 2.32. The maximum atomic E-state index is 8.64. The molecule has 1 fully saturated rings. The van der Waals surface area contributed by atoms with Crippen molar-refractivity contribution in [2.45, 2.75) is 25.4 Å². The summed E-state index contributed by atoms with van der Waals surface area (Å²) in [6, 6.07) is 1.88. The molecule has 5 heteroatoms. The highest BCUT2D eigenvalue weighted by atomic mass is 16.5. The molecule has 1 aliphatic rings. The van der Waals surface area contributed by atoms with Gasteiger partial charge in [0.1, 0.15) is 6.07 Å². The third-order valence-electron chi connectivity index (χ3n) is 2.32. The zero-order chi connectivity index (χ0) is 10.1. The lowest BCUT2D eigenvalue weighted by atomic mass is 10.1. The molecule has 2 heterocycles. The van der Waals surface area contributed by atoms with E-state index in [4.69, 9.17) is 20.1 Å². The van der Waals surface area contributed by atoms with Gasteiger partial charge < -0.3 is 14.9 Å². The molecule has 0 aliphatic carbocycles. The molecule has 0 radical (unpaired) electrons. The monoisotopic (exact) mass is 193 g/mol. The van der Waals surface area contributed by atoms with E-state index in [2.05, 4.69) is 4.98 Å². The van der Waals surface area contributed by atoms with Crippen molar-refractivity contribution in [1.29, 1.82) is 5.26 Å². The van der Waals surface area contributed by atoms with Gasteiger partial charge in [-0.3, -0.25) is 0 Å². The minimum absolute atomic E-state index is 0.0991. The molecule has 1 saturated heterocycles. The second-order valence-electron chi connectivity index (χ2n) is 3.45. The SMILES string of the molecule is CC1CC(c2nc(C#N)c(N)o2)CO1. The summed E-state index contributed by atoms with van der Waals surface area (Å²) in [6.45, 7) is 2.59. The summed E-state index contributed by atoms with van der Waals surface area (Å²) in [6.07, 6.45) is 1.09. The second-order valence-corrected chi connectivity index (χ2v) is 3.45. The minimum Gasteiger partial charge on any atom is -0.424 e. The van der Waals surface area contributed by atoms with E-state index in [1.165, 1.54) is 0 Å². The molecule has 2 N–H and O–H groups in total. The van der Waals surface area contributed by atoms with Crippen LogP contribution in [-0.4, -0.2) is 17.7 Å². The van der Waals surface area contributed by atoms with E-state index in [1.54, 1.807) is 0 Å². The normalized spacial score (nSPS) is 26.3. The summed E-state index contributed by atoms with van der Waals surface area (Å²) in [4.78, 5) is 4.01. The molecule has 1 aliphatic heterocycles. The molecule has 0 amide bonds. The van der Waals surface area contributed by atoms with E-state index in [9.17, 15) is 0 Å². The Bertz CT molecular complexity index is 380. The Kier molecular flexibility index (Phi) is 2.14. The van der Waals surface area contributed by atoms with Gasteiger partial charge in [0.25, 0.3) is 0 Å². The lowest BCUT2D eigenvalue weighted by molar-refractivity contribution is 0.122. The van der Waals surface area contributed by atoms with Crippen molar-refractivity contribution in [2.75, 3.05) is 12.3 Å². The smallest absolute Gasteiger partial charge is 0.229 e. The van der Waals surface area contributed by atoms with Crippen molar-refractivity contribution in [3.63, 3.8) is 0 Å². The average molecular weight is 193 g/mol. The number of nitrogens with zero attached hydrogens (tertiary/aromatic N) is 2. The topological polar surface area (TPSA) is 85.1 Å². The standard InChI is InChI=1S/C9H11N3O2/c1-5-2-6(4-13-5)9-12-7(3-10)8(11)14-9/h5-6H,2,4,11H2,1H3. The molecule has 5 nitrogen and oxygen atoms in total. The van der Waals surface area contributed by atoms with Crippen molar-refractivity contribution in [2.24, 2.45) is 0 Å². The Labute approximate surface area is 81.5 Å². The molecule has 2 rings (SSSR count). The molecule has 0 saturated carbocycles. The van der Waals surface area contributed by atoms with Crippen LogP contribution in [0.25, 0.3) is 0 Å². The zero-order valence-electron chi connectivity index (χ0n) is 7.86. The molecule has 2 unspecified atom stereocenters. The highest BCUT2D eigenvalue weighted by Gasteiger charge is 2.28. The van der Waals surface area contributed by atoms with Gasteiger partial charge in [-0.2, -0.15) is 5.26 Å². The third kappa shape index (κ3) is 1.44. The van der Waals surface area contributed by atoms with Crippen LogP contribution in [-0.2, 0) is 4.74 Å². The number of ether oxygens (including phenoxy) is 1. The summed E-state index contributed by atoms with van der Waals surface area (Å²) in [5.74, 6) is 0.750. The number of hydrogen-bond acceptors (Lipinski definition) is 5. The van der Waals surface area contributed by atoms with Crippen LogP contribution in [0.4, 0.5) is 5.88 Å². The number of hydrogen-bond donors (Lipinski definition) is 1. The van der Waals surface area contributed by atoms with Crippen LogP contribution in [0, 0.1) is 11.3 Å². The Hall–Kier alpha value is -1.54. The molecule has 2 atom stereocenters. The van der Waals surface area contributed by atoms with Gasteiger partial charge in [0.2, 0.25) is 17.5 Å². The number of nitriles is 1. The fraction of sp³-hybridized carbons (Fsp3) is 0.556. The largest absolute Gasteiger partial charge is 0.424 e. The van der Waals surface area contributed by atoms with E-state index >= 15 is 0 Å². The van der Waals surface area contributed by atoms with E-state index in [0.29, 0.717) is 12.5 Å². The van der Waals surface area contributed by atoms with Gasteiger partial charge in [-0.25, -0.2) is 4.98 Å². The van der Waals surface area contributed by atoms with E-state index in [1.807, 2.05) is 13.0 Å². The van der Waals surface area contributed by atoms with Gasteiger partial charge in [0, 0.05) is 0 Å². The number of anilines is 1. The Morgan fingerprint density at radius 3 is 2.93 bits per heavy atom. The molecular weight excluding hydrogens is 182 g/mol. The van der Waals surface area contributed by atoms with Gasteiger partial charge in [-0.05, 0) is 13.3 Å². The molecule has 0 aromatic carbocycles. The lowest BCUT2D eigenvalue weighted by Gasteiger charge is -1.99. The number of nitrogens with two attached hydrogens (primary N) is 1. The fourth-order valence-corrected chi connectivity index (χ4v) is 1.59. The molecular formula is C9H11N3O2. The van der Waals surface area contributed by atoms with Gasteiger partial charge in [0.15, 0.2) is 0 Å². The minimum atomic E-state index is 0.0991. The summed E-state index contributed by atoms with van der Waals surface area (Å²) < 4.78 is 10.6. The second kappa shape index (κ2) is 3.31. The van der Waals surface area contributed by atoms with Crippen molar-refractivity contribution in [3.8, 4) is 6.07 Å². The van der Waals surface area contributed by atoms with Gasteiger partial charge in [0.05, 0.1) is 18.6 Å². The summed E-state index contributed by atoms with van der Waals surface area (Å²) >= 11 is 0. The lowest BCUT2D eigenvalue weighted by Crippen LogP contribution is -1.98. The highest BCUT2D eigenvalue weighted by Crippen LogP contribution is 2.30. The molecule has 0 bridgehead atoms. The van der Waals surface area contributed by atoms with Crippen LogP contribution >= 0.6 is 0 Å². The van der Waals surface area contributed by atoms with Crippen LogP contribution in [0.5, 0.6) is 0 Å². The predicted molar refractivity (Wildman–Crippen MR) is 48.4 cm³/mol. The van der Waals surface area contributed by atoms with Gasteiger partial charge in [-0.1, -0.05) is 0 Å². The first kappa shape index (κ1) is 9.03. The Balaban J connectivity index is 2.21. The number of rotatable bonds is 1. The van der Waals surface area contributed by atoms with Crippen LogP contribution < -0.4 is 5.73 Å². The molecule has 1 aromatic heterocycles. The van der Waals surface area contributed by atoms with Crippen molar-refractivity contribution < 1.29 is 9.15 Å². The molecule has 14 heavy (non-hydrogen) atoms. The summed E-state index contributed by atoms with van der Waals surface area (Å²) in [7, 11) is 0. The maximum absolute atomic E-state index is 8.64. The van der Waals surface area contributed by atoms with Crippen molar-refractivity contribution in [1.82, 2.24) is 4.98 Å². The first-order valence-electron chi connectivity index (χ1n) is 4.48. The first-order valence-corrected chi connectivity index (χ1v) is 4.48. The quantitative estimate of drug-likeness (QED) is 0.719. The van der Waals surface area contributed by atoms with E-state index < -0.39 is 0 Å². The van der Waals surface area contributed by atoms with E-state index in [-0.39, 0.29) is 23.6 Å².